The fourth-order valence-corrected chi connectivity index (χ4v) is 0.638. The number of rotatable bonds is 4. The average molecular weight is 290 g/mol. The summed E-state index contributed by atoms with van der Waals surface area (Å²) >= 11 is 0. The van der Waals surface area contributed by atoms with Crippen molar-refractivity contribution in [3.8, 4) is 0 Å². The van der Waals surface area contributed by atoms with E-state index in [1.165, 1.54) is 0 Å². The molecule has 0 bridgehead atoms. The normalized spacial score (nSPS) is 17.8. The minimum Gasteiger partial charge on any atom is -0.438 e. The van der Waals surface area contributed by atoms with E-state index in [-0.39, 0.29) is 6.26 Å². The van der Waals surface area contributed by atoms with E-state index in [4.69, 9.17) is 0 Å². The van der Waals surface area contributed by atoms with E-state index in [2.05, 4.69) is 11.3 Å². The molecular formula is C7H3F9O2. The summed E-state index contributed by atoms with van der Waals surface area (Å²) in [4.78, 5) is 0. The van der Waals surface area contributed by atoms with E-state index in [0.29, 0.717) is 0 Å². The SMILES string of the molecule is C=COC(F)=C(F)C(F)(OC(F)(F)F)C(F)(F)F. The predicted octanol–water partition coefficient (Wildman–Crippen LogP) is 4.02. The molecule has 0 saturated heterocycles. The highest BCUT2D eigenvalue weighted by Gasteiger charge is 2.67. The zero-order chi connectivity index (χ0) is 14.8. The number of halogens is 9. The molecule has 0 saturated carbocycles. The highest BCUT2D eigenvalue weighted by Crippen LogP contribution is 2.46. The summed E-state index contributed by atoms with van der Waals surface area (Å²) < 4.78 is 114. The molecule has 18 heavy (non-hydrogen) atoms. The molecule has 0 aromatic rings. The molecule has 0 fully saturated rings. The van der Waals surface area contributed by atoms with Crippen molar-refractivity contribution in [3.05, 3.63) is 24.7 Å². The fraction of sp³-hybridized carbons (Fsp3) is 0.429. The number of hydrogen-bond donors (Lipinski definition) is 0. The molecule has 1 unspecified atom stereocenters. The highest BCUT2D eigenvalue weighted by molar-refractivity contribution is 5.10. The third-order valence-corrected chi connectivity index (χ3v) is 1.26. The lowest BCUT2D eigenvalue weighted by atomic mass is 10.2. The first-order chi connectivity index (χ1) is 7.85. The largest absolute Gasteiger partial charge is 0.525 e. The number of hydrogen-bond acceptors (Lipinski definition) is 2. The van der Waals surface area contributed by atoms with Gasteiger partial charge in [-0.2, -0.15) is 26.3 Å². The van der Waals surface area contributed by atoms with Crippen molar-refractivity contribution in [2.75, 3.05) is 0 Å². The minimum absolute atomic E-state index is 0.0271. The maximum absolute atomic E-state index is 12.9. The number of ether oxygens (including phenoxy) is 2. The summed E-state index contributed by atoms with van der Waals surface area (Å²) in [6, 6.07) is -2.91. The maximum Gasteiger partial charge on any atom is 0.525 e. The van der Waals surface area contributed by atoms with Crippen LogP contribution in [-0.2, 0) is 9.47 Å². The zero-order valence-electron chi connectivity index (χ0n) is 8.00. The second-order valence-corrected chi connectivity index (χ2v) is 2.51. The van der Waals surface area contributed by atoms with Crippen LogP contribution in [0.3, 0.4) is 0 Å². The molecule has 0 spiro atoms. The molecule has 0 amide bonds. The topological polar surface area (TPSA) is 18.5 Å². The van der Waals surface area contributed by atoms with E-state index in [0.717, 1.165) is 0 Å². The second-order valence-electron chi connectivity index (χ2n) is 2.51. The molecule has 0 aromatic heterocycles. The van der Waals surface area contributed by atoms with Crippen molar-refractivity contribution in [3.63, 3.8) is 0 Å². The van der Waals surface area contributed by atoms with Gasteiger partial charge in [0.2, 0.25) is 5.83 Å². The molecule has 2 nitrogen and oxygen atoms in total. The van der Waals surface area contributed by atoms with Crippen LogP contribution in [0.5, 0.6) is 0 Å². The van der Waals surface area contributed by atoms with Gasteiger partial charge >= 0.3 is 24.4 Å². The third-order valence-electron chi connectivity index (χ3n) is 1.26. The van der Waals surface area contributed by atoms with Gasteiger partial charge in [-0.05, 0) is 0 Å². The van der Waals surface area contributed by atoms with Gasteiger partial charge in [0.15, 0.2) is 0 Å². The van der Waals surface area contributed by atoms with Crippen LogP contribution < -0.4 is 0 Å². The van der Waals surface area contributed by atoms with Gasteiger partial charge in [0, 0.05) is 0 Å². The Balaban J connectivity index is 5.64. The van der Waals surface area contributed by atoms with Crippen LogP contribution in [-0.4, -0.2) is 18.4 Å². The monoisotopic (exact) mass is 290 g/mol. The van der Waals surface area contributed by atoms with Crippen molar-refractivity contribution in [2.45, 2.75) is 18.4 Å². The standard InChI is InChI=1S/C7H3F9O2/c1-2-17-4(9)3(8)5(10,6(11,12)13)18-7(14,15)16/h2H,1H2. The minimum atomic E-state index is -6.53. The lowest BCUT2D eigenvalue weighted by Gasteiger charge is -2.26. The first kappa shape index (κ1) is 16.6. The molecule has 0 N–H and O–H groups in total. The molecule has 0 radical (unpaired) electrons. The van der Waals surface area contributed by atoms with E-state index in [9.17, 15) is 39.5 Å². The van der Waals surface area contributed by atoms with E-state index in [1.54, 1.807) is 0 Å². The molecule has 0 aliphatic heterocycles. The summed E-state index contributed by atoms with van der Waals surface area (Å²) in [5, 5.41) is 0. The highest BCUT2D eigenvalue weighted by atomic mass is 19.4. The van der Waals surface area contributed by atoms with Crippen LogP contribution in [0.4, 0.5) is 39.5 Å². The van der Waals surface area contributed by atoms with Gasteiger partial charge in [-0.3, -0.25) is 0 Å². The van der Waals surface area contributed by atoms with Crippen molar-refractivity contribution >= 4 is 0 Å². The summed E-state index contributed by atoms with van der Waals surface area (Å²) in [7, 11) is 0. The zero-order valence-corrected chi connectivity index (χ0v) is 8.00. The Kier molecular flexibility index (Phi) is 4.69. The van der Waals surface area contributed by atoms with Gasteiger partial charge in [-0.1, -0.05) is 6.58 Å². The lowest BCUT2D eigenvalue weighted by Crippen LogP contribution is -2.48. The van der Waals surface area contributed by atoms with Crippen LogP contribution in [0.15, 0.2) is 24.7 Å². The van der Waals surface area contributed by atoms with E-state index in [1.807, 2.05) is 4.74 Å². The summed E-state index contributed by atoms with van der Waals surface area (Å²) in [5.41, 5.74) is 0. The first-order valence-electron chi connectivity index (χ1n) is 3.71. The van der Waals surface area contributed by atoms with Crippen LogP contribution in [0.1, 0.15) is 0 Å². The second kappa shape index (κ2) is 5.08. The van der Waals surface area contributed by atoms with Crippen molar-refractivity contribution in [1.29, 1.82) is 0 Å². The predicted molar refractivity (Wildman–Crippen MR) is 37.6 cm³/mol. The average Bonchev–Trinajstić information content (AvgIpc) is 2.12. The molecule has 11 heteroatoms. The fourth-order valence-electron chi connectivity index (χ4n) is 0.638. The smallest absolute Gasteiger partial charge is 0.438 e. The molecule has 1 atom stereocenters. The van der Waals surface area contributed by atoms with Gasteiger partial charge in [0.05, 0.1) is 6.26 Å². The molecule has 0 rings (SSSR count). The maximum atomic E-state index is 12.9. The van der Waals surface area contributed by atoms with Gasteiger partial charge < -0.3 is 4.74 Å². The first-order valence-corrected chi connectivity index (χ1v) is 3.71. The van der Waals surface area contributed by atoms with Gasteiger partial charge in [-0.15, -0.1) is 13.2 Å². The van der Waals surface area contributed by atoms with E-state index >= 15 is 0 Å². The molecule has 0 aliphatic rings. The van der Waals surface area contributed by atoms with Gasteiger partial charge in [0.1, 0.15) is 0 Å². The van der Waals surface area contributed by atoms with Crippen LogP contribution in [0.25, 0.3) is 0 Å². The Bertz CT molecular complexity index is 342. The summed E-state index contributed by atoms with van der Waals surface area (Å²) in [5.74, 6) is -9.63. The Labute approximate surface area is 93.3 Å². The third kappa shape index (κ3) is 3.82. The summed E-state index contributed by atoms with van der Waals surface area (Å²) in [6.07, 6.45) is -12.7. The Morgan fingerprint density at radius 2 is 1.39 bits per heavy atom. The van der Waals surface area contributed by atoms with Crippen LogP contribution >= 0.6 is 0 Å². The van der Waals surface area contributed by atoms with Crippen molar-refractivity contribution in [1.82, 2.24) is 0 Å². The van der Waals surface area contributed by atoms with Gasteiger partial charge in [-0.25, -0.2) is 4.74 Å². The lowest BCUT2D eigenvalue weighted by molar-refractivity contribution is -0.440. The Morgan fingerprint density at radius 3 is 1.67 bits per heavy atom. The molecule has 0 aliphatic carbocycles. The van der Waals surface area contributed by atoms with Crippen molar-refractivity contribution < 1.29 is 49.0 Å². The molecular weight excluding hydrogens is 287 g/mol. The molecule has 0 heterocycles. The van der Waals surface area contributed by atoms with Crippen LogP contribution in [0, 0.1) is 0 Å². The van der Waals surface area contributed by atoms with Crippen LogP contribution in [0.2, 0.25) is 0 Å². The Hall–Kier alpha value is -1.39. The molecule has 106 valence electrons. The van der Waals surface area contributed by atoms with Gasteiger partial charge in [0.25, 0.3) is 0 Å². The van der Waals surface area contributed by atoms with Crippen molar-refractivity contribution in [2.24, 2.45) is 0 Å². The number of alkyl halides is 7. The Morgan fingerprint density at radius 1 is 0.944 bits per heavy atom. The summed E-state index contributed by atoms with van der Waals surface area (Å²) in [6.45, 7) is 2.57. The quantitative estimate of drug-likeness (QED) is 0.575. The van der Waals surface area contributed by atoms with E-state index < -0.39 is 30.2 Å². The molecule has 0 aromatic carbocycles.